The maximum Gasteiger partial charge on any atom is 0.113 e. The fourth-order valence-corrected chi connectivity index (χ4v) is 8.10. The Bertz CT molecular complexity index is 2040. The molecule has 8 rings (SSSR count). The number of rotatable bonds is 1. The third-order valence-corrected chi connectivity index (χ3v) is 9.28. The molecule has 0 saturated carbocycles. The molecule has 0 spiro atoms. The Hall–Kier alpha value is -3.60. The Morgan fingerprint density at radius 1 is 0.529 bits per heavy atom. The summed E-state index contributed by atoms with van der Waals surface area (Å²) in [6.45, 7) is 0. The lowest BCUT2D eigenvalue weighted by Gasteiger charge is -2.10. The van der Waals surface area contributed by atoms with E-state index >= 15 is 0 Å². The molecule has 0 aliphatic rings. The summed E-state index contributed by atoms with van der Waals surface area (Å²) in [4.78, 5) is 0. The normalized spacial score (nSPS) is 12.2. The predicted molar refractivity (Wildman–Crippen MR) is 152 cm³/mol. The van der Waals surface area contributed by atoms with Crippen LogP contribution >= 0.6 is 22.7 Å². The third-order valence-electron chi connectivity index (χ3n) is 6.91. The predicted octanol–water partition coefficient (Wildman–Crippen LogP) is 8.31. The molecule has 0 saturated heterocycles. The van der Waals surface area contributed by atoms with Gasteiger partial charge in [-0.1, -0.05) is 72.2 Å². The van der Waals surface area contributed by atoms with E-state index in [9.17, 15) is 0 Å². The van der Waals surface area contributed by atoms with E-state index in [0.717, 1.165) is 11.2 Å². The van der Waals surface area contributed by atoms with Crippen LogP contribution in [0.15, 0.2) is 97.1 Å². The summed E-state index contributed by atoms with van der Waals surface area (Å²) in [5.74, 6) is 0. The van der Waals surface area contributed by atoms with Crippen LogP contribution in [-0.2, 0) is 0 Å². The van der Waals surface area contributed by atoms with Crippen LogP contribution in [0.5, 0.6) is 0 Å². The zero-order valence-electron chi connectivity index (χ0n) is 18.1. The third kappa shape index (κ3) is 2.34. The summed E-state index contributed by atoms with van der Waals surface area (Å²) in [7, 11) is 6.07. The summed E-state index contributed by atoms with van der Waals surface area (Å²) in [6.07, 6.45) is 0. The van der Waals surface area contributed by atoms with Crippen molar-refractivity contribution in [2.24, 2.45) is 0 Å². The first-order chi connectivity index (χ1) is 16.8. The highest BCUT2D eigenvalue weighted by Gasteiger charge is 2.23. The lowest BCUT2D eigenvalue weighted by Crippen LogP contribution is -2.02. The van der Waals surface area contributed by atoms with Crippen LogP contribution in [0, 0.1) is 0 Å². The maximum absolute atomic E-state index is 6.07. The van der Waals surface area contributed by atoms with Gasteiger partial charge in [0.1, 0.15) is 7.85 Å². The quantitative estimate of drug-likeness (QED) is 0.215. The number of nitrogens with zero attached hydrogens (tertiary/aromatic N) is 1. The van der Waals surface area contributed by atoms with Crippen molar-refractivity contribution in [3.05, 3.63) is 97.1 Å². The number of aromatic nitrogens is 1. The summed E-state index contributed by atoms with van der Waals surface area (Å²) >= 11 is 3.83. The van der Waals surface area contributed by atoms with Gasteiger partial charge < -0.3 is 4.57 Å². The van der Waals surface area contributed by atoms with Crippen LogP contribution in [-0.4, -0.2) is 12.4 Å². The fraction of sp³-hybridized carbons (Fsp3) is 0. The number of hydrogen-bond donors (Lipinski definition) is 0. The highest BCUT2D eigenvalue weighted by Crippen LogP contribution is 2.51. The molecule has 0 unspecified atom stereocenters. The number of thiophene rings is 2. The van der Waals surface area contributed by atoms with E-state index in [1.165, 1.54) is 62.2 Å². The number of hydrogen-bond acceptors (Lipinski definition) is 2. The average molecular weight is 465 g/mol. The highest BCUT2D eigenvalue weighted by atomic mass is 32.1. The average Bonchev–Trinajstić information content (AvgIpc) is 3.54. The molecule has 0 atom stereocenters. The molecule has 156 valence electrons. The molecule has 5 aromatic carbocycles. The second-order valence-electron chi connectivity index (χ2n) is 8.77. The van der Waals surface area contributed by atoms with Crippen LogP contribution < -0.4 is 5.46 Å². The second kappa shape index (κ2) is 6.72. The number of benzene rings is 5. The molecule has 3 heterocycles. The summed E-state index contributed by atoms with van der Waals surface area (Å²) in [6, 6.07) is 34.8. The van der Waals surface area contributed by atoms with Crippen LogP contribution in [0.4, 0.5) is 0 Å². The monoisotopic (exact) mass is 465 g/mol. The largest absolute Gasteiger partial charge is 0.309 e. The van der Waals surface area contributed by atoms with Crippen LogP contribution in [0.2, 0.25) is 0 Å². The lowest BCUT2D eigenvalue weighted by atomic mass is 9.96. The Kier molecular flexibility index (Phi) is 3.72. The molecule has 0 amide bonds. The smallest absolute Gasteiger partial charge is 0.113 e. The van der Waals surface area contributed by atoms with Crippen molar-refractivity contribution < 1.29 is 0 Å². The molecule has 0 fully saturated rings. The van der Waals surface area contributed by atoms with Gasteiger partial charge in [-0.05, 0) is 30.3 Å². The van der Waals surface area contributed by atoms with Gasteiger partial charge in [-0.15, -0.1) is 22.7 Å². The van der Waals surface area contributed by atoms with Crippen LogP contribution in [0.3, 0.4) is 0 Å². The van der Waals surface area contributed by atoms with Gasteiger partial charge in [0.2, 0.25) is 0 Å². The van der Waals surface area contributed by atoms with E-state index in [2.05, 4.69) is 89.5 Å². The van der Waals surface area contributed by atoms with E-state index < -0.39 is 0 Å². The zero-order chi connectivity index (χ0) is 22.4. The van der Waals surface area contributed by atoms with Crippen molar-refractivity contribution in [2.45, 2.75) is 0 Å². The second-order valence-corrected chi connectivity index (χ2v) is 10.9. The van der Waals surface area contributed by atoms with Crippen molar-refractivity contribution in [1.29, 1.82) is 0 Å². The van der Waals surface area contributed by atoms with Gasteiger partial charge >= 0.3 is 0 Å². The zero-order valence-corrected chi connectivity index (χ0v) is 19.7. The Morgan fingerprint density at radius 3 is 1.74 bits per heavy atom. The minimum Gasteiger partial charge on any atom is -0.309 e. The van der Waals surface area contributed by atoms with E-state index in [-0.39, 0.29) is 0 Å². The molecule has 0 aliphatic heterocycles. The first kappa shape index (κ1) is 18.8. The molecular weight excluding hydrogens is 449 g/mol. The van der Waals surface area contributed by atoms with E-state index in [0.29, 0.717) is 0 Å². The molecule has 1 nitrogen and oxygen atoms in total. The number of para-hydroxylation sites is 1. The Labute approximate surface area is 204 Å². The lowest BCUT2D eigenvalue weighted by molar-refractivity contribution is 1.19. The molecule has 3 aromatic heterocycles. The molecule has 4 heteroatoms. The Morgan fingerprint density at radius 2 is 1.06 bits per heavy atom. The first-order valence-electron chi connectivity index (χ1n) is 11.3. The van der Waals surface area contributed by atoms with Gasteiger partial charge in [-0.25, -0.2) is 0 Å². The molecule has 8 aromatic rings. The molecule has 2 radical (unpaired) electrons. The van der Waals surface area contributed by atoms with Crippen molar-refractivity contribution in [2.75, 3.05) is 0 Å². The fourth-order valence-electron chi connectivity index (χ4n) is 5.50. The highest BCUT2D eigenvalue weighted by molar-refractivity contribution is 7.30. The van der Waals surface area contributed by atoms with Crippen LogP contribution in [0.25, 0.3) is 67.8 Å². The molecule has 34 heavy (non-hydrogen) atoms. The van der Waals surface area contributed by atoms with Gasteiger partial charge in [-0.3, -0.25) is 0 Å². The number of fused-ring (bicyclic) bond motifs is 12. The van der Waals surface area contributed by atoms with Crippen molar-refractivity contribution in [1.82, 2.24) is 4.57 Å². The topological polar surface area (TPSA) is 4.93 Å². The summed E-state index contributed by atoms with van der Waals surface area (Å²) in [5.41, 5.74) is 4.43. The van der Waals surface area contributed by atoms with Gasteiger partial charge in [-0.2, -0.15) is 0 Å². The molecule has 0 N–H and O–H groups in total. The standard InChI is InChI=1S/C30H16BNS2/c31-17-13-15-18(16-14-17)32-22-10-4-1-7-19(22)25-28(32)26-20-8-2-5-11-23(20)33-30(26)27-21-9-3-6-12-24(21)34-29(25)27/h1-16H. The SMILES string of the molecule is [B]c1ccc(-n2c3ccccc3c3c4sc5ccccc5c4c4sc5ccccc5c4c32)cc1. The molecule has 0 aliphatic carbocycles. The Balaban J connectivity index is 1.77. The minimum absolute atomic E-state index is 0.780. The van der Waals surface area contributed by atoms with Gasteiger partial charge in [0.05, 0.1) is 11.0 Å². The summed E-state index contributed by atoms with van der Waals surface area (Å²) < 4.78 is 7.86. The molecular formula is C30H16BNS2. The van der Waals surface area contributed by atoms with Crippen molar-refractivity contribution >= 4 is 98.1 Å². The maximum atomic E-state index is 6.07. The van der Waals surface area contributed by atoms with Gasteiger partial charge in [0, 0.05) is 56.8 Å². The van der Waals surface area contributed by atoms with E-state index in [1.54, 1.807) is 0 Å². The van der Waals surface area contributed by atoms with Crippen molar-refractivity contribution in [3.63, 3.8) is 0 Å². The first-order valence-corrected chi connectivity index (χ1v) is 13.0. The van der Waals surface area contributed by atoms with Crippen molar-refractivity contribution in [3.8, 4) is 5.69 Å². The van der Waals surface area contributed by atoms with E-state index in [1.807, 2.05) is 34.8 Å². The van der Waals surface area contributed by atoms with Gasteiger partial charge in [0.15, 0.2) is 0 Å². The summed E-state index contributed by atoms with van der Waals surface area (Å²) in [5, 5.41) is 8.06. The van der Waals surface area contributed by atoms with Gasteiger partial charge in [0.25, 0.3) is 0 Å². The van der Waals surface area contributed by atoms with E-state index in [4.69, 9.17) is 7.85 Å². The van der Waals surface area contributed by atoms with Crippen LogP contribution in [0.1, 0.15) is 0 Å². The molecule has 0 bridgehead atoms. The minimum atomic E-state index is 0.780.